The molecule has 1 aromatic heterocycles. The second kappa shape index (κ2) is 7.07. The topological polar surface area (TPSA) is 79.0 Å². The summed E-state index contributed by atoms with van der Waals surface area (Å²) in [6.45, 7) is 2.30. The number of aryl methyl sites for hydroxylation is 1. The molecule has 1 aliphatic rings. The van der Waals surface area contributed by atoms with E-state index >= 15 is 0 Å². The Morgan fingerprint density at radius 1 is 1.19 bits per heavy atom. The highest BCUT2D eigenvalue weighted by Crippen LogP contribution is 2.37. The van der Waals surface area contributed by atoms with Crippen LogP contribution in [0.15, 0.2) is 53.4 Å². The summed E-state index contributed by atoms with van der Waals surface area (Å²) >= 11 is 6.23. The molecule has 0 aliphatic carbocycles. The van der Waals surface area contributed by atoms with E-state index in [9.17, 15) is 8.42 Å². The molecule has 0 spiro atoms. The Morgan fingerprint density at radius 3 is 2.70 bits per heavy atom. The highest BCUT2D eigenvalue weighted by molar-refractivity contribution is 7.89. The Kier molecular flexibility index (Phi) is 4.75. The van der Waals surface area contributed by atoms with Gasteiger partial charge in [-0.2, -0.15) is 9.40 Å². The minimum Gasteiger partial charge on any atom is -0.261 e. The molecular formula is C19H19ClN4O2S. The van der Waals surface area contributed by atoms with E-state index in [-0.39, 0.29) is 16.0 Å². The number of benzene rings is 2. The maximum Gasteiger partial charge on any atom is 0.245 e. The summed E-state index contributed by atoms with van der Waals surface area (Å²) in [5.41, 5.74) is 1.80. The monoisotopic (exact) mass is 402 g/mol. The highest BCUT2D eigenvalue weighted by Gasteiger charge is 2.39. The Balaban J connectivity index is 1.67. The molecule has 0 bridgehead atoms. The van der Waals surface area contributed by atoms with Crippen LogP contribution in [0.5, 0.6) is 0 Å². The molecule has 0 amide bonds. The van der Waals surface area contributed by atoms with E-state index in [2.05, 4.69) is 15.2 Å². The third kappa shape index (κ3) is 3.38. The molecule has 2 heterocycles. The lowest BCUT2D eigenvalue weighted by molar-refractivity contribution is 0.384. The number of rotatable bonds is 4. The van der Waals surface area contributed by atoms with Crippen LogP contribution in [0.1, 0.15) is 30.3 Å². The van der Waals surface area contributed by atoms with Gasteiger partial charge in [0.15, 0.2) is 5.82 Å². The van der Waals surface area contributed by atoms with Gasteiger partial charge in [0.1, 0.15) is 10.7 Å². The van der Waals surface area contributed by atoms with Crippen LogP contribution in [0.3, 0.4) is 0 Å². The van der Waals surface area contributed by atoms with E-state index in [1.165, 1.54) is 4.31 Å². The van der Waals surface area contributed by atoms with E-state index in [0.29, 0.717) is 24.6 Å². The number of H-pyrrole nitrogens is 1. The summed E-state index contributed by atoms with van der Waals surface area (Å²) in [5, 5.41) is 7.43. The predicted octanol–water partition coefficient (Wildman–Crippen LogP) is 3.96. The van der Waals surface area contributed by atoms with Crippen molar-refractivity contribution in [2.75, 3.05) is 6.54 Å². The van der Waals surface area contributed by atoms with E-state index in [4.69, 9.17) is 11.6 Å². The van der Waals surface area contributed by atoms with Gasteiger partial charge >= 0.3 is 0 Å². The molecule has 3 aromatic rings. The molecule has 2 aromatic carbocycles. The number of aromatic amines is 1. The van der Waals surface area contributed by atoms with Crippen LogP contribution >= 0.6 is 11.6 Å². The summed E-state index contributed by atoms with van der Waals surface area (Å²) in [6, 6.07) is 14.2. The zero-order chi connectivity index (χ0) is 19.0. The van der Waals surface area contributed by atoms with Gasteiger partial charge in [-0.15, -0.1) is 0 Å². The van der Waals surface area contributed by atoms with Crippen molar-refractivity contribution in [1.82, 2.24) is 19.5 Å². The summed E-state index contributed by atoms with van der Waals surface area (Å²) < 4.78 is 27.9. The zero-order valence-corrected chi connectivity index (χ0v) is 16.3. The molecule has 1 aliphatic heterocycles. The van der Waals surface area contributed by atoms with Gasteiger partial charge < -0.3 is 0 Å². The van der Waals surface area contributed by atoms with E-state index < -0.39 is 10.0 Å². The Morgan fingerprint density at radius 2 is 1.96 bits per heavy atom. The lowest BCUT2D eigenvalue weighted by atomic mass is 10.2. The molecule has 1 saturated heterocycles. The van der Waals surface area contributed by atoms with Crippen molar-refractivity contribution in [3.8, 4) is 11.4 Å². The minimum atomic E-state index is -3.73. The normalized spacial score (nSPS) is 18.1. The molecular weight excluding hydrogens is 384 g/mol. The molecule has 140 valence electrons. The third-order valence-corrected chi connectivity index (χ3v) is 7.12. The average Bonchev–Trinajstić information content (AvgIpc) is 3.32. The van der Waals surface area contributed by atoms with Crippen molar-refractivity contribution in [3.63, 3.8) is 0 Å². The number of halogens is 1. The Labute approximate surface area is 163 Å². The standard InChI is InChI=1S/C19H19ClN4O2S/c1-13-9-10-17(15(20)12-13)27(25,26)24-11-5-8-16(24)19-21-18(22-23-19)14-6-3-2-4-7-14/h2-4,6-7,9-10,12,16H,5,8,11H2,1H3,(H,21,22,23). The third-order valence-electron chi connectivity index (χ3n) is 4.73. The maximum absolute atomic E-state index is 13.2. The summed E-state index contributed by atoms with van der Waals surface area (Å²) in [6.07, 6.45) is 1.45. The van der Waals surface area contributed by atoms with Crippen LogP contribution < -0.4 is 0 Å². The van der Waals surface area contributed by atoms with Crippen LogP contribution in [-0.2, 0) is 10.0 Å². The van der Waals surface area contributed by atoms with Crippen LogP contribution in [0.2, 0.25) is 5.02 Å². The summed E-state index contributed by atoms with van der Waals surface area (Å²) in [4.78, 5) is 4.68. The van der Waals surface area contributed by atoms with Crippen LogP contribution in [0.25, 0.3) is 11.4 Å². The molecule has 1 unspecified atom stereocenters. The summed E-state index contributed by atoms with van der Waals surface area (Å²) in [5.74, 6) is 1.11. The van der Waals surface area contributed by atoms with Crippen molar-refractivity contribution in [1.29, 1.82) is 0 Å². The predicted molar refractivity (Wildman–Crippen MR) is 104 cm³/mol. The fraction of sp³-hybridized carbons (Fsp3) is 0.263. The first-order valence-electron chi connectivity index (χ1n) is 8.72. The molecule has 4 rings (SSSR count). The second-order valence-electron chi connectivity index (χ2n) is 6.62. The number of nitrogens with zero attached hydrogens (tertiary/aromatic N) is 3. The van der Waals surface area contributed by atoms with Crippen LogP contribution in [0.4, 0.5) is 0 Å². The fourth-order valence-corrected chi connectivity index (χ4v) is 5.62. The molecule has 6 nitrogen and oxygen atoms in total. The number of hydrogen-bond donors (Lipinski definition) is 1. The Bertz CT molecular complexity index is 1070. The number of sulfonamides is 1. The SMILES string of the molecule is Cc1ccc(S(=O)(=O)N2CCCC2c2nc(-c3ccccc3)n[nH]2)c(Cl)c1. The molecule has 0 saturated carbocycles. The fourth-order valence-electron chi connectivity index (χ4n) is 3.38. The quantitative estimate of drug-likeness (QED) is 0.716. The van der Waals surface area contributed by atoms with Gasteiger partial charge in [0, 0.05) is 12.1 Å². The number of hydrogen-bond acceptors (Lipinski definition) is 4. The lowest BCUT2D eigenvalue weighted by Gasteiger charge is -2.23. The molecule has 0 radical (unpaired) electrons. The van der Waals surface area contributed by atoms with Crippen molar-refractivity contribution in [3.05, 3.63) is 64.9 Å². The van der Waals surface area contributed by atoms with Crippen molar-refractivity contribution < 1.29 is 8.42 Å². The van der Waals surface area contributed by atoms with Gasteiger partial charge in [-0.1, -0.05) is 48.0 Å². The first kappa shape index (κ1) is 18.2. The molecule has 27 heavy (non-hydrogen) atoms. The number of aromatic nitrogens is 3. The first-order valence-corrected chi connectivity index (χ1v) is 10.5. The zero-order valence-electron chi connectivity index (χ0n) is 14.8. The largest absolute Gasteiger partial charge is 0.261 e. The maximum atomic E-state index is 13.2. The average molecular weight is 403 g/mol. The lowest BCUT2D eigenvalue weighted by Crippen LogP contribution is -2.31. The van der Waals surface area contributed by atoms with Gasteiger partial charge in [-0.05, 0) is 37.5 Å². The van der Waals surface area contributed by atoms with Gasteiger partial charge in [0.2, 0.25) is 10.0 Å². The van der Waals surface area contributed by atoms with Crippen molar-refractivity contribution >= 4 is 21.6 Å². The highest BCUT2D eigenvalue weighted by atomic mass is 35.5. The molecule has 1 N–H and O–H groups in total. The van der Waals surface area contributed by atoms with Crippen molar-refractivity contribution in [2.45, 2.75) is 30.7 Å². The van der Waals surface area contributed by atoms with Crippen LogP contribution in [-0.4, -0.2) is 34.4 Å². The molecule has 1 atom stereocenters. The Hall–Kier alpha value is -2.22. The van der Waals surface area contributed by atoms with E-state index in [1.807, 2.05) is 37.3 Å². The van der Waals surface area contributed by atoms with Gasteiger partial charge in [0.25, 0.3) is 0 Å². The van der Waals surface area contributed by atoms with Gasteiger partial charge in [-0.25, -0.2) is 13.4 Å². The smallest absolute Gasteiger partial charge is 0.245 e. The first-order chi connectivity index (χ1) is 13.0. The molecule has 1 fully saturated rings. The summed E-state index contributed by atoms with van der Waals surface area (Å²) in [7, 11) is -3.73. The van der Waals surface area contributed by atoms with Gasteiger partial charge in [-0.3, -0.25) is 5.10 Å². The van der Waals surface area contributed by atoms with Gasteiger partial charge in [0.05, 0.1) is 11.1 Å². The second-order valence-corrected chi connectivity index (χ2v) is 8.88. The molecule has 8 heteroatoms. The van der Waals surface area contributed by atoms with Crippen molar-refractivity contribution in [2.24, 2.45) is 0 Å². The minimum absolute atomic E-state index is 0.129. The van der Waals surface area contributed by atoms with E-state index in [0.717, 1.165) is 17.5 Å². The van der Waals surface area contributed by atoms with E-state index in [1.54, 1.807) is 18.2 Å². The number of nitrogens with one attached hydrogen (secondary N) is 1. The van der Waals surface area contributed by atoms with Crippen LogP contribution in [0, 0.1) is 6.92 Å².